The smallest absolute Gasteiger partial charge is 0.307 e. The summed E-state index contributed by atoms with van der Waals surface area (Å²) in [5.41, 5.74) is -0.300. The van der Waals surface area contributed by atoms with Gasteiger partial charge >= 0.3 is 5.97 Å². The second-order valence-electron chi connectivity index (χ2n) is 4.89. The van der Waals surface area contributed by atoms with Crippen molar-refractivity contribution in [1.29, 1.82) is 0 Å². The van der Waals surface area contributed by atoms with Crippen LogP contribution in [0.4, 0.5) is 11.4 Å². The van der Waals surface area contributed by atoms with Gasteiger partial charge in [-0.25, -0.2) is 0 Å². The minimum atomic E-state index is -1.02. The Morgan fingerprint density at radius 2 is 2.00 bits per heavy atom. The highest BCUT2D eigenvalue weighted by Crippen LogP contribution is 2.34. The first-order chi connectivity index (χ1) is 9.90. The molecule has 0 radical (unpaired) electrons. The van der Waals surface area contributed by atoms with Crippen LogP contribution in [0.3, 0.4) is 0 Å². The van der Waals surface area contributed by atoms with Gasteiger partial charge in [-0.15, -0.1) is 0 Å². The zero-order chi connectivity index (χ0) is 15.6. The monoisotopic (exact) mass is 312 g/mol. The maximum Gasteiger partial charge on any atom is 0.307 e. The third-order valence-corrected chi connectivity index (χ3v) is 3.82. The number of carboxylic acids is 1. The van der Waals surface area contributed by atoms with E-state index in [2.05, 4.69) is 5.32 Å². The molecule has 2 atom stereocenters. The van der Waals surface area contributed by atoms with E-state index in [1.807, 2.05) is 0 Å². The number of carboxylic acid groups (broad SMARTS) is 1. The Balaban J connectivity index is 2.20. The number of aliphatic carboxylic acids is 1. The van der Waals surface area contributed by atoms with Gasteiger partial charge in [0.05, 0.1) is 16.8 Å². The number of nitro benzene ring substituents is 1. The molecule has 1 aliphatic rings. The molecule has 1 aromatic carbocycles. The number of amides is 1. The molecule has 2 N–H and O–H groups in total. The Morgan fingerprint density at radius 3 is 2.62 bits per heavy atom. The van der Waals surface area contributed by atoms with Crippen molar-refractivity contribution in [3.8, 4) is 0 Å². The molecule has 0 saturated heterocycles. The molecule has 1 fully saturated rings. The molecule has 112 valence electrons. The number of carbonyl (C=O) groups excluding carboxylic acids is 1. The zero-order valence-electron chi connectivity index (χ0n) is 10.9. The summed E-state index contributed by atoms with van der Waals surface area (Å²) in [7, 11) is 0. The Labute approximate surface area is 125 Å². The van der Waals surface area contributed by atoms with Crippen molar-refractivity contribution in [3.05, 3.63) is 33.3 Å². The molecule has 1 saturated carbocycles. The second-order valence-corrected chi connectivity index (χ2v) is 5.33. The van der Waals surface area contributed by atoms with E-state index in [1.54, 1.807) is 0 Å². The van der Waals surface area contributed by atoms with Crippen LogP contribution in [-0.2, 0) is 9.59 Å². The van der Waals surface area contributed by atoms with E-state index in [9.17, 15) is 19.7 Å². The molecule has 1 amide bonds. The van der Waals surface area contributed by atoms with Crippen molar-refractivity contribution >= 4 is 34.9 Å². The first-order valence-electron chi connectivity index (χ1n) is 6.37. The predicted octanol–water partition coefficient (Wildman–Crippen LogP) is 2.69. The van der Waals surface area contributed by atoms with Crippen LogP contribution in [-0.4, -0.2) is 21.9 Å². The number of nitro groups is 1. The van der Waals surface area contributed by atoms with E-state index in [4.69, 9.17) is 16.7 Å². The standard InChI is InChI=1S/C13H13ClN2O5/c14-7-4-5-10(11(6-7)16(20)21)15-12(17)8-2-1-3-9(8)13(18)19/h4-6,8-9H,1-3H2,(H,15,17)(H,18,19)/t8-,9+/m1/s1. The van der Waals surface area contributed by atoms with Crippen molar-refractivity contribution in [2.45, 2.75) is 19.3 Å². The summed E-state index contributed by atoms with van der Waals surface area (Å²) in [4.78, 5) is 33.5. The van der Waals surface area contributed by atoms with Gasteiger partial charge in [-0.1, -0.05) is 18.0 Å². The molecule has 1 aromatic rings. The number of carbonyl (C=O) groups is 2. The van der Waals surface area contributed by atoms with Crippen molar-refractivity contribution in [2.75, 3.05) is 5.32 Å². The number of nitrogens with zero attached hydrogens (tertiary/aromatic N) is 1. The van der Waals surface area contributed by atoms with Crippen LogP contribution in [0.1, 0.15) is 19.3 Å². The van der Waals surface area contributed by atoms with Gasteiger partial charge in [-0.05, 0) is 25.0 Å². The minimum Gasteiger partial charge on any atom is -0.481 e. The SMILES string of the molecule is O=C(O)[C@H]1CCC[C@H]1C(=O)Nc1ccc(Cl)cc1[N+](=O)[O-]. The molecule has 2 rings (SSSR count). The summed E-state index contributed by atoms with van der Waals surface area (Å²) in [6.45, 7) is 0. The van der Waals surface area contributed by atoms with Gasteiger partial charge in [0.1, 0.15) is 5.69 Å². The third kappa shape index (κ3) is 3.30. The summed E-state index contributed by atoms with van der Waals surface area (Å²) in [6, 6.07) is 3.90. The number of hydrogen-bond acceptors (Lipinski definition) is 4. The van der Waals surface area contributed by atoms with Gasteiger partial charge in [0, 0.05) is 11.1 Å². The lowest BCUT2D eigenvalue weighted by Gasteiger charge is -2.15. The Hall–Kier alpha value is -2.15. The molecule has 0 spiro atoms. The molecular weight excluding hydrogens is 300 g/mol. The number of rotatable bonds is 4. The fourth-order valence-corrected chi connectivity index (χ4v) is 2.72. The topological polar surface area (TPSA) is 110 Å². The van der Waals surface area contributed by atoms with Gasteiger partial charge in [-0.2, -0.15) is 0 Å². The Kier molecular flexibility index (Phi) is 4.42. The molecule has 0 unspecified atom stereocenters. The zero-order valence-corrected chi connectivity index (χ0v) is 11.7. The lowest BCUT2D eigenvalue weighted by Crippen LogP contribution is -2.30. The maximum absolute atomic E-state index is 12.2. The van der Waals surface area contributed by atoms with Crippen LogP contribution in [0.2, 0.25) is 5.02 Å². The molecular formula is C13H13ClN2O5. The fraction of sp³-hybridized carbons (Fsp3) is 0.385. The highest BCUT2D eigenvalue weighted by molar-refractivity contribution is 6.31. The number of anilines is 1. The van der Waals surface area contributed by atoms with Crippen LogP contribution < -0.4 is 5.32 Å². The predicted molar refractivity (Wildman–Crippen MR) is 75.2 cm³/mol. The lowest BCUT2D eigenvalue weighted by molar-refractivity contribution is -0.383. The van der Waals surface area contributed by atoms with Crippen LogP contribution in [0.25, 0.3) is 0 Å². The molecule has 0 aliphatic heterocycles. The van der Waals surface area contributed by atoms with Crippen molar-refractivity contribution in [2.24, 2.45) is 11.8 Å². The van der Waals surface area contributed by atoms with E-state index in [0.29, 0.717) is 19.3 Å². The summed E-state index contributed by atoms with van der Waals surface area (Å²) in [5.74, 6) is -2.93. The fourth-order valence-electron chi connectivity index (χ4n) is 2.56. The average molecular weight is 313 g/mol. The quantitative estimate of drug-likeness (QED) is 0.656. The number of benzene rings is 1. The maximum atomic E-state index is 12.2. The van der Waals surface area contributed by atoms with Gasteiger partial charge < -0.3 is 10.4 Å². The summed E-state index contributed by atoms with van der Waals surface area (Å²) in [5, 5.41) is 22.7. The summed E-state index contributed by atoms with van der Waals surface area (Å²) in [6.07, 6.45) is 1.55. The first-order valence-corrected chi connectivity index (χ1v) is 6.75. The Bertz CT molecular complexity index is 604. The van der Waals surface area contributed by atoms with Crippen LogP contribution in [0.15, 0.2) is 18.2 Å². The largest absolute Gasteiger partial charge is 0.481 e. The molecule has 7 nitrogen and oxygen atoms in total. The lowest BCUT2D eigenvalue weighted by atomic mass is 9.95. The molecule has 1 aliphatic carbocycles. The van der Waals surface area contributed by atoms with Crippen LogP contribution >= 0.6 is 11.6 Å². The highest BCUT2D eigenvalue weighted by atomic mass is 35.5. The average Bonchev–Trinajstić information content (AvgIpc) is 2.90. The van der Waals surface area contributed by atoms with Gasteiger partial charge in [0.25, 0.3) is 5.69 Å². The van der Waals surface area contributed by atoms with E-state index in [-0.39, 0.29) is 16.4 Å². The first kappa shape index (κ1) is 15.2. The third-order valence-electron chi connectivity index (χ3n) is 3.58. The summed E-state index contributed by atoms with van der Waals surface area (Å²) < 4.78 is 0. The van der Waals surface area contributed by atoms with Crippen molar-refractivity contribution < 1.29 is 19.6 Å². The molecule has 0 bridgehead atoms. The number of nitrogens with one attached hydrogen (secondary N) is 1. The van der Waals surface area contributed by atoms with E-state index < -0.39 is 28.6 Å². The van der Waals surface area contributed by atoms with E-state index >= 15 is 0 Å². The van der Waals surface area contributed by atoms with E-state index in [1.165, 1.54) is 12.1 Å². The molecule has 21 heavy (non-hydrogen) atoms. The second kappa shape index (κ2) is 6.09. The van der Waals surface area contributed by atoms with E-state index in [0.717, 1.165) is 6.07 Å². The van der Waals surface area contributed by atoms with Crippen molar-refractivity contribution in [1.82, 2.24) is 0 Å². The van der Waals surface area contributed by atoms with Crippen LogP contribution in [0.5, 0.6) is 0 Å². The number of halogens is 1. The normalized spacial score (nSPS) is 21.0. The van der Waals surface area contributed by atoms with Crippen molar-refractivity contribution in [3.63, 3.8) is 0 Å². The van der Waals surface area contributed by atoms with Crippen LogP contribution in [0, 0.1) is 22.0 Å². The summed E-state index contributed by atoms with van der Waals surface area (Å²) >= 11 is 5.69. The van der Waals surface area contributed by atoms with Gasteiger partial charge in [-0.3, -0.25) is 19.7 Å². The molecule has 8 heteroatoms. The van der Waals surface area contributed by atoms with Gasteiger partial charge in [0.2, 0.25) is 5.91 Å². The Morgan fingerprint density at radius 1 is 1.33 bits per heavy atom. The molecule has 0 heterocycles. The highest BCUT2D eigenvalue weighted by Gasteiger charge is 2.38. The van der Waals surface area contributed by atoms with Gasteiger partial charge in [0.15, 0.2) is 0 Å². The number of hydrogen-bond donors (Lipinski definition) is 2. The minimum absolute atomic E-state index is 0.0189. The molecule has 0 aromatic heterocycles.